The van der Waals surface area contributed by atoms with E-state index in [1.807, 2.05) is 25.1 Å². The van der Waals surface area contributed by atoms with E-state index in [2.05, 4.69) is 16.1 Å². The Labute approximate surface area is 155 Å². The van der Waals surface area contributed by atoms with Crippen LogP contribution < -0.4 is 4.90 Å². The van der Waals surface area contributed by atoms with Crippen LogP contribution in [0.3, 0.4) is 0 Å². The first-order valence-corrected chi connectivity index (χ1v) is 10.0. The molecule has 0 saturated carbocycles. The van der Waals surface area contributed by atoms with Crippen LogP contribution in [0.5, 0.6) is 5.88 Å². The fourth-order valence-electron chi connectivity index (χ4n) is 3.68. The van der Waals surface area contributed by atoms with Crippen LogP contribution in [0.15, 0.2) is 24.3 Å². The predicted molar refractivity (Wildman–Crippen MR) is 99.7 cm³/mol. The monoisotopic (exact) mass is 377 g/mol. The average molecular weight is 378 g/mol. The predicted octanol–water partition coefficient (Wildman–Crippen LogP) is 2.87. The number of halogens is 1. The van der Waals surface area contributed by atoms with Gasteiger partial charge in [-0.05, 0) is 31.4 Å². The second kappa shape index (κ2) is 6.94. The van der Waals surface area contributed by atoms with E-state index in [9.17, 15) is 5.11 Å². The number of fused-ring (bicyclic) bond motifs is 1. The van der Waals surface area contributed by atoms with Gasteiger partial charge in [0.05, 0.1) is 13.1 Å². The highest BCUT2D eigenvalue weighted by Gasteiger charge is 2.33. The molecule has 3 aromatic rings. The lowest BCUT2D eigenvalue weighted by Crippen LogP contribution is -3.13. The van der Waals surface area contributed by atoms with E-state index in [1.165, 1.54) is 35.5 Å². The summed E-state index contributed by atoms with van der Waals surface area (Å²) in [6.45, 7) is 4.22. The Balaban J connectivity index is 1.82. The minimum Gasteiger partial charge on any atom is -0.492 e. The molecule has 1 atom stereocenters. The highest BCUT2D eigenvalue weighted by atomic mass is 35.5. The van der Waals surface area contributed by atoms with Gasteiger partial charge in [0.1, 0.15) is 4.88 Å². The van der Waals surface area contributed by atoms with Crippen molar-refractivity contribution in [3.8, 4) is 5.88 Å². The SMILES string of the molecule is CCc1nc2sc([C@H](c3cccc(Cl)c3)[NH+]3CCCCC3)c(O)n2n1. The molecular weight excluding hydrogens is 356 g/mol. The van der Waals surface area contributed by atoms with Gasteiger partial charge in [0.2, 0.25) is 10.8 Å². The number of aromatic nitrogens is 3. The summed E-state index contributed by atoms with van der Waals surface area (Å²) >= 11 is 7.79. The molecule has 5 nitrogen and oxygen atoms in total. The van der Waals surface area contributed by atoms with Gasteiger partial charge in [-0.25, -0.2) is 4.98 Å². The first-order valence-electron chi connectivity index (χ1n) is 8.84. The average Bonchev–Trinajstić information content (AvgIpc) is 3.16. The zero-order valence-corrected chi connectivity index (χ0v) is 15.8. The molecule has 1 fully saturated rings. The summed E-state index contributed by atoms with van der Waals surface area (Å²) < 4.78 is 1.58. The maximum absolute atomic E-state index is 10.9. The molecule has 1 aliphatic rings. The van der Waals surface area contributed by atoms with Crippen LogP contribution in [0.25, 0.3) is 4.96 Å². The van der Waals surface area contributed by atoms with Gasteiger partial charge in [-0.1, -0.05) is 42.0 Å². The van der Waals surface area contributed by atoms with E-state index >= 15 is 0 Å². The fourth-order valence-corrected chi connectivity index (χ4v) is 5.04. The third kappa shape index (κ3) is 3.14. The minimum atomic E-state index is 0.0672. The molecule has 2 N–H and O–H groups in total. The van der Waals surface area contributed by atoms with Crippen molar-refractivity contribution in [3.63, 3.8) is 0 Å². The Morgan fingerprint density at radius 2 is 2.12 bits per heavy atom. The molecule has 0 aliphatic carbocycles. The highest BCUT2D eigenvalue weighted by molar-refractivity contribution is 7.17. The number of piperidine rings is 1. The molecule has 0 bridgehead atoms. The molecule has 1 aliphatic heterocycles. The summed E-state index contributed by atoms with van der Waals surface area (Å²) in [6.07, 6.45) is 4.48. The lowest BCUT2D eigenvalue weighted by molar-refractivity contribution is -0.929. The molecule has 3 heterocycles. The van der Waals surface area contributed by atoms with Crippen LogP contribution in [0, 0.1) is 0 Å². The zero-order valence-electron chi connectivity index (χ0n) is 14.2. The van der Waals surface area contributed by atoms with E-state index in [0.717, 1.165) is 45.8 Å². The van der Waals surface area contributed by atoms with Gasteiger partial charge in [0.25, 0.3) is 0 Å². The molecular formula is C18H22ClN4OS+. The van der Waals surface area contributed by atoms with E-state index in [4.69, 9.17) is 11.6 Å². The molecule has 2 aromatic heterocycles. The number of hydrogen-bond acceptors (Lipinski definition) is 4. The van der Waals surface area contributed by atoms with Crippen molar-refractivity contribution >= 4 is 27.9 Å². The number of rotatable bonds is 4. The summed E-state index contributed by atoms with van der Waals surface area (Å²) in [5.74, 6) is 0.980. The third-order valence-electron chi connectivity index (χ3n) is 4.91. The maximum Gasteiger partial charge on any atom is 0.235 e. The Hall–Kier alpha value is -1.63. The van der Waals surface area contributed by atoms with Gasteiger partial charge in [-0.2, -0.15) is 4.52 Å². The number of aromatic hydroxyl groups is 1. The van der Waals surface area contributed by atoms with Crippen molar-refractivity contribution < 1.29 is 10.0 Å². The Morgan fingerprint density at radius 1 is 1.32 bits per heavy atom. The van der Waals surface area contributed by atoms with Crippen molar-refractivity contribution in [2.75, 3.05) is 13.1 Å². The van der Waals surface area contributed by atoms with Crippen LogP contribution >= 0.6 is 22.9 Å². The second-order valence-electron chi connectivity index (χ2n) is 6.57. The molecule has 1 aromatic carbocycles. The molecule has 7 heteroatoms. The maximum atomic E-state index is 10.9. The minimum absolute atomic E-state index is 0.0672. The van der Waals surface area contributed by atoms with Gasteiger partial charge >= 0.3 is 0 Å². The van der Waals surface area contributed by atoms with Crippen LogP contribution in [-0.2, 0) is 6.42 Å². The third-order valence-corrected chi connectivity index (χ3v) is 6.23. The van der Waals surface area contributed by atoms with E-state index in [0.29, 0.717) is 0 Å². The summed E-state index contributed by atoms with van der Waals surface area (Å²) in [5, 5.41) is 16.0. The standard InChI is InChI=1S/C18H21ClN4OS/c1-2-14-20-18-23(21-14)17(24)16(25-18)15(22-9-4-3-5-10-22)12-7-6-8-13(19)11-12/h6-8,11,15,24H,2-5,9-10H2,1H3/p+1/t15-/m0/s1. The first kappa shape index (κ1) is 16.8. The van der Waals surface area contributed by atoms with E-state index in [1.54, 1.807) is 4.52 Å². The van der Waals surface area contributed by atoms with Gasteiger partial charge in [-0.3, -0.25) is 0 Å². The number of likely N-dealkylation sites (tertiary alicyclic amines) is 1. The van der Waals surface area contributed by atoms with Crippen molar-refractivity contribution in [2.45, 2.75) is 38.6 Å². The number of thiazole rings is 1. The van der Waals surface area contributed by atoms with Crippen LogP contribution in [-0.4, -0.2) is 32.8 Å². The van der Waals surface area contributed by atoms with Gasteiger partial charge in [0, 0.05) is 17.0 Å². The number of hydrogen-bond donors (Lipinski definition) is 2. The number of nitrogens with zero attached hydrogens (tertiary/aromatic N) is 3. The topological polar surface area (TPSA) is 54.9 Å². The smallest absolute Gasteiger partial charge is 0.235 e. The molecule has 1 saturated heterocycles. The van der Waals surface area contributed by atoms with Gasteiger partial charge in [0.15, 0.2) is 11.9 Å². The molecule has 4 rings (SSSR count). The fraction of sp³-hybridized carbons (Fsp3) is 0.444. The summed E-state index contributed by atoms with van der Waals surface area (Å²) in [7, 11) is 0. The molecule has 0 radical (unpaired) electrons. The van der Waals surface area contributed by atoms with Crippen molar-refractivity contribution in [2.24, 2.45) is 0 Å². The highest BCUT2D eigenvalue weighted by Crippen LogP contribution is 2.35. The normalized spacial score (nSPS) is 17.2. The van der Waals surface area contributed by atoms with E-state index < -0.39 is 0 Å². The largest absolute Gasteiger partial charge is 0.492 e. The number of quaternary nitrogens is 1. The van der Waals surface area contributed by atoms with Crippen molar-refractivity contribution in [1.29, 1.82) is 0 Å². The molecule has 132 valence electrons. The number of nitrogens with one attached hydrogen (secondary N) is 1. The Bertz CT molecular complexity index is 884. The van der Waals surface area contributed by atoms with Crippen molar-refractivity contribution in [3.05, 3.63) is 45.6 Å². The van der Waals surface area contributed by atoms with Gasteiger partial charge < -0.3 is 10.0 Å². The zero-order chi connectivity index (χ0) is 17.4. The Morgan fingerprint density at radius 3 is 2.80 bits per heavy atom. The van der Waals surface area contributed by atoms with E-state index in [-0.39, 0.29) is 11.9 Å². The van der Waals surface area contributed by atoms with Crippen LogP contribution in [0.4, 0.5) is 0 Å². The molecule has 0 spiro atoms. The number of aryl methyl sites for hydroxylation is 1. The molecule has 0 unspecified atom stereocenters. The van der Waals surface area contributed by atoms with Gasteiger partial charge in [-0.15, -0.1) is 5.10 Å². The lowest BCUT2D eigenvalue weighted by Gasteiger charge is -2.31. The second-order valence-corrected chi connectivity index (χ2v) is 8.02. The lowest BCUT2D eigenvalue weighted by atomic mass is 10.0. The van der Waals surface area contributed by atoms with Crippen LogP contribution in [0.2, 0.25) is 5.02 Å². The Kier molecular flexibility index (Phi) is 4.67. The summed E-state index contributed by atoms with van der Waals surface area (Å²) in [6, 6.07) is 8.06. The molecule has 25 heavy (non-hydrogen) atoms. The quantitative estimate of drug-likeness (QED) is 0.735. The first-order chi connectivity index (χ1) is 12.2. The molecule has 0 amide bonds. The summed E-state index contributed by atoms with van der Waals surface area (Å²) in [5.41, 5.74) is 1.14. The van der Waals surface area contributed by atoms with Crippen LogP contribution in [0.1, 0.15) is 48.5 Å². The number of benzene rings is 1. The summed E-state index contributed by atoms with van der Waals surface area (Å²) in [4.78, 5) is 7.69. The van der Waals surface area contributed by atoms with Crippen molar-refractivity contribution in [1.82, 2.24) is 14.6 Å².